The molecule has 4 nitrogen and oxygen atoms in total. The molecule has 0 radical (unpaired) electrons. The third-order valence-corrected chi connectivity index (χ3v) is 7.93. The van der Waals surface area contributed by atoms with Gasteiger partial charge in [0.25, 0.3) is 0 Å². The Morgan fingerprint density at radius 2 is 1.95 bits per heavy atom. The minimum Gasteiger partial charge on any atom is -1.00 e. The van der Waals surface area contributed by atoms with Crippen molar-refractivity contribution >= 4 is 42.1 Å². The first kappa shape index (κ1) is 17.0. The molecule has 0 spiro atoms. The van der Waals surface area contributed by atoms with E-state index in [4.69, 9.17) is 5.11 Å². The van der Waals surface area contributed by atoms with Crippen molar-refractivity contribution < 1.29 is 30.8 Å². The minimum atomic E-state index is -0.919. The van der Waals surface area contributed by atoms with E-state index in [1.54, 1.807) is 12.3 Å². The molecule has 0 unspecified atom stereocenters. The molecule has 114 valence electrons. The van der Waals surface area contributed by atoms with Crippen LogP contribution in [0.4, 0.5) is 0 Å². The first-order valence-corrected chi connectivity index (χ1v) is 9.03. The second-order valence-corrected chi connectivity index (χ2v) is 8.12. The molecular formula is C14H15BrClNO3Se. The Morgan fingerprint density at radius 1 is 1.29 bits per heavy atom. The van der Waals surface area contributed by atoms with Crippen LogP contribution in [0.2, 0.25) is 0 Å². The van der Waals surface area contributed by atoms with Crippen molar-refractivity contribution in [3.05, 3.63) is 32.8 Å². The van der Waals surface area contributed by atoms with E-state index in [1.165, 1.54) is 6.42 Å². The molecule has 0 saturated heterocycles. The quantitative estimate of drug-likeness (QED) is 0.597. The largest absolute Gasteiger partial charge is 1.00 e. The van der Waals surface area contributed by atoms with Gasteiger partial charge in [-0.05, 0) is 0 Å². The molecule has 1 aliphatic carbocycles. The summed E-state index contributed by atoms with van der Waals surface area (Å²) in [5, 5.41) is 20.0. The van der Waals surface area contributed by atoms with Gasteiger partial charge in [-0.3, -0.25) is 0 Å². The number of aromatic nitrogens is 1. The van der Waals surface area contributed by atoms with Crippen molar-refractivity contribution in [1.82, 2.24) is 0 Å². The Hall–Kier alpha value is -0.391. The molecule has 7 heteroatoms. The number of halogens is 2. The van der Waals surface area contributed by atoms with Crippen LogP contribution in [0.5, 0.6) is 0 Å². The molecule has 0 atom stereocenters. The van der Waals surface area contributed by atoms with E-state index in [0.717, 1.165) is 40.1 Å². The number of rotatable bonds is 2. The van der Waals surface area contributed by atoms with Crippen LogP contribution in [-0.2, 0) is 5.60 Å². The maximum atomic E-state index is 11.0. The molecule has 2 aromatic rings. The van der Waals surface area contributed by atoms with E-state index in [-0.39, 0.29) is 32.7 Å². The van der Waals surface area contributed by atoms with Gasteiger partial charge in [0, 0.05) is 0 Å². The Labute approximate surface area is 143 Å². The number of aromatic carboxylic acids is 1. The van der Waals surface area contributed by atoms with Crippen molar-refractivity contribution in [2.75, 3.05) is 0 Å². The van der Waals surface area contributed by atoms with Crippen molar-refractivity contribution in [2.45, 2.75) is 37.7 Å². The number of pyridine rings is 1. The van der Waals surface area contributed by atoms with E-state index in [2.05, 4.69) is 15.9 Å². The van der Waals surface area contributed by atoms with Crippen LogP contribution in [0.15, 0.2) is 22.8 Å². The van der Waals surface area contributed by atoms with Gasteiger partial charge in [0.1, 0.15) is 0 Å². The number of carboxylic acids is 1. The number of carboxylic acid groups (broad SMARTS) is 1. The summed E-state index contributed by atoms with van der Waals surface area (Å²) in [4.78, 5) is 11.0. The molecule has 1 saturated carbocycles. The van der Waals surface area contributed by atoms with E-state index >= 15 is 0 Å². The molecule has 1 fully saturated rings. The monoisotopic (exact) mass is 439 g/mol. The number of hydrogen-bond donors (Lipinski definition) is 2. The van der Waals surface area contributed by atoms with Crippen LogP contribution in [-0.4, -0.2) is 30.9 Å². The van der Waals surface area contributed by atoms with Crippen molar-refractivity contribution in [3.8, 4) is 0 Å². The number of nitrogens with zero attached hydrogens (tertiary/aromatic N) is 1. The van der Waals surface area contributed by atoms with Crippen molar-refractivity contribution in [2.24, 2.45) is 0 Å². The molecule has 1 aliphatic rings. The molecule has 3 rings (SSSR count). The minimum absolute atomic E-state index is 0. The molecule has 0 aliphatic heterocycles. The van der Waals surface area contributed by atoms with Crippen LogP contribution in [0, 0.1) is 0 Å². The number of fused-ring (bicyclic) bond motifs is 1. The molecule has 0 bridgehead atoms. The van der Waals surface area contributed by atoms with E-state index in [0.29, 0.717) is 0 Å². The summed E-state index contributed by atoms with van der Waals surface area (Å²) >= 11 is 3.53. The Bertz CT molecular complexity index is 682. The summed E-state index contributed by atoms with van der Waals surface area (Å²) in [6, 6.07) is 3.42. The van der Waals surface area contributed by atoms with Crippen molar-refractivity contribution in [3.63, 3.8) is 0 Å². The van der Waals surface area contributed by atoms with Gasteiger partial charge >= 0.3 is 131 Å². The van der Waals surface area contributed by atoms with E-state index in [1.807, 2.05) is 9.46 Å². The van der Waals surface area contributed by atoms with Crippen LogP contribution >= 0.6 is 15.9 Å². The van der Waals surface area contributed by atoms with E-state index < -0.39 is 11.6 Å². The second-order valence-electron chi connectivity index (χ2n) is 5.26. The summed E-state index contributed by atoms with van der Waals surface area (Å²) < 4.78 is 3.95. The maximum Gasteiger partial charge on any atom is -1.00 e. The third kappa shape index (κ3) is 3.06. The van der Waals surface area contributed by atoms with Gasteiger partial charge in [-0.1, -0.05) is 0 Å². The van der Waals surface area contributed by atoms with Gasteiger partial charge < -0.3 is 12.4 Å². The average molecular weight is 440 g/mol. The fourth-order valence-electron chi connectivity index (χ4n) is 2.76. The third-order valence-electron chi connectivity index (χ3n) is 3.88. The summed E-state index contributed by atoms with van der Waals surface area (Å²) in [7, 11) is 0. The van der Waals surface area contributed by atoms with Gasteiger partial charge in [0.15, 0.2) is 0 Å². The Balaban J connectivity index is 0.00000161. The number of hydrogen-bond acceptors (Lipinski definition) is 2. The topological polar surface area (TPSA) is 61.6 Å². The van der Waals surface area contributed by atoms with Gasteiger partial charge in [0.05, 0.1) is 0 Å². The van der Waals surface area contributed by atoms with Crippen LogP contribution in [0.1, 0.15) is 46.9 Å². The van der Waals surface area contributed by atoms with Gasteiger partial charge in [0.2, 0.25) is 0 Å². The standard InChI is InChI=1S/C14H14BrNO3Se.ClH/c15-11-10-5-4-9(13(17)18)8-16(10)20-12(11)14(19)6-2-1-3-7-14;/h4-5,8,19H,1-3,6-7H2;1H. The maximum absolute atomic E-state index is 11.0. The first-order chi connectivity index (χ1) is 9.51. The summed E-state index contributed by atoms with van der Waals surface area (Å²) in [5.41, 5.74) is 0.531. The van der Waals surface area contributed by atoms with Crippen molar-refractivity contribution in [1.29, 1.82) is 0 Å². The predicted octanol–water partition coefficient (Wildman–Crippen LogP) is -0.901. The molecule has 21 heavy (non-hydrogen) atoms. The van der Waals surface area contributed by atoms with Crippen LogP contribution in [0.3, 0.4) is 0 Å². The molecule has 0 aromatic carbocycles. The summed E-state index contributed by atoms with van der Waals surface area (Å²) in [6.45, 7) is 0. The normalized spacial score (nSPS) is 17.4. The molecular weight excluding hydrogens is 424 g/mol. The van der Waals surface area contributed by atoms with E-state index in [9.17, 15) is 9.90 Å². The van der Waals surface area contributed by atoms with Crippen LogP contribution in [0.25, 0.3) is 5.52 Å². The smallest absolute Gasteiger partial charge is 1.00 e. The summed E-state index contributed by atoms with van der Waals surface area (Å²) in [5.74, 6) is -0.919. The SMILES string of the molecule is O=C(O)c1ccc2c(Br)c(C3(O)CCCCC3)[se][n+]2c1.[Cl-]. The average Bonchev–Trinajstić information content (AvgIpc) is 2.77. The molecule has 2 heterocycles. The van der Waals surface area contributed by atoms with Gasteiger partial charge in [-0.2, -0.15) is 0 Å². The second kappa shape index (κ2) is 6.39. The zero-order valence-electron chi connectivity index (χ0n) is 11.2. The first-order valence-electron chi connectivity index (χ1n) is 6.62. The molecule has 0 amide bonds. The summed E-state index contributed by atoms with van der Waals surface area (Å²) in [6.07, 6.45) is 6.57. The molecule has 2 N–H and O–H groups in total. The fourth-order valence-corrected chi connectivity index (χ4v) is 6.55. The number of carbonyl (C=O) groups is 1. The van der Waals surface area contributed by atoms with Crippen LogP contribution < -0.4 is 15.8 Å². The zero-order chi connectivity index (χ0) is 14.3. The predicted molar refractivity (Wildman–Crippen MR) is 78.2 cm³/mol. The van der Waals surface area contributed by atoms with Gasteiger partial charge in [-0.15, -0.1) is 0 Å². The Morgan fingerprint density at radius 3 is 2.57 bits per heavy atom. The number of aliphatic hydroxyl groups is 1. The zero-order valence-corrected chi connectivity index (χ0v) is 15.2. The molecule has 2 aromatic heterocycles. The van der Waals surface area contributed by atoms with Gasteiger partial charge in [-0.25, -0.2) is 0 Å². The Kier molecular flexibility index (Phi) is 5.16. The fraction of sp³-hybridized carbons (Fsp3) is 0.429.